The Labute approximate surface area is 217 Å². The quantitative estimate of drug-likeness (QED) is 0.380. The lowest BCUT2D eigenvalue weighted by molar-refractivity contribution is -0.131. The van der Waals surface area contributed by atoms with Crippen LogP contribution in [-0.2, 0) is 16.2 Å². The molecule has 0 bridgehead atoms. The minimum absolute atomic E-state index is 0.0675. The van der Waals surface area contributed by atoms with Crippen molar-refractivity contribution >= 4 is 58.5 Å². The number of halogens is 2. The van der Waals surface area contributed by atoms with E-state index in [1.165, 1.54) is 23.4 Å². The van der Waals surface area contributed by atoms with E-state index in [9.17, 15) is 9.59 Å². The summed E-state index contributed by atoms with van der Waals surface area (Å²) in [7, 11) is 1.67. The largest absolute Gasteiger partial charge is 0.487 e. The van der Waals surface area contributed by atoms with Crippen molar-refractivity contribution in [3.8, 4) is 5.75 Å². The number of fused-ring (bicyclic) bond motifs is 1. The van der Waals surface area contributed by atoms with Crippen molar-refractivity contribution in [2.45, 2.75) is 23.8 Å². The number of hydrogen-bond acceptors (Lipinski definition) is 6. The summed E-state index contributed by atoms with van der Waals surface area (Å²) in [6.45, 7) is 2.00. The van der Waals surface area contributed by atoms with Crippen LogP contribution in [0, 0.1) is 0 Å². The standard InChI is InChI=1S/C25H23Cl2N3O4S/c1-16-30(29(2)24(32)14-28-23(31)12-11-17-6-5-13-33-17)25-21(9-4-10-22(25)35-16)34-15-18-19(26)7-3-8-20(18)27/h3-13,16H,14-15H2,1-2H3,(H,28,31). The van der Waals surface area contributed by atoms with Gasteiger partial charge in [-0.1, -0.05) is 47.1 Å². The molecular weight excluding hydrogens is 509 g/mol. The summed E-state index contributed by atoms with van der Waals surface area (Å²) < 4.78 is 11.3. The molecule has 1 aromatic heterocycles. The number of nitrogens with one attached hydrogen (secondary N) is 1. The van der Waals surface area contributed by atoms with Crippen molar-refractivity contribution in [3.63, 3.8) is 0 Å². The summed E-state index contributed by atoms with van der Waals surface area (Å²) in [6, 6.07) is 14.5. The van der Waals surface area contributed by atoms with Gasteiger partial charge in [-0.05, 0) is 49.4 Å². The number of likely N-dealkylation sites (N-methyl/N-ethyl adjacent to an activating group) is 1. The first-order valence-corrected chi connectivity index (χ1v) is 12.4. The third kappa shape index (κ3) is 5.78. The van der Waals surface area contributed by atoms with Gasteiger partial charge in [0.1, 0.15) is 23.8 Å². The first-order chi connectivity index (χ1) is 16.8. The number of amides is 2. The highest BCUT2D eigenvalue weighted by Crippen LogP contribution is 2.49. The Kier molecular flexibility index (Phi) is 7.95. The molecule has 0 radical (unpaired) electrons. The Balaban J connectivity index is 1.45. The van der Waals surface area contributed by atoms with Crippen molar-refractivity contribution in [1.82, 2.24) is 10.3 Å². The number of anilines is 1. The minimum Gasteiger partial charge on any atom is -0.487 e. The number of hydrogen-bond donors (Lipinski definition) is 1. The summed E-state index contributed by atoms with van der Waals surface area (Å²) in [4.78, 5) is 26.0. The molecule has 0 saturated heterocycles. The number of carbonyl (C=O) groups is 2. The third-order valence-corrected chi connectivity index (χ3v) is 7.14. The molecule has 1 aliphatic heterocycles. The average Bonchev–Trinajstić information content (AvgIpc) is 3.47. The monoisotopic (exact) mass is 531 g/mol. The lowest BCUT2D eigenvalue weighted by Crippen LogP contribution is -2.49. The van der Waals surface area contributed by atoms with E-state index in [0.717, 1.165) is 10.6 Å². The molecule has 1 unspecified atom stereocenters. The first-order valence-electron chi connectivity index (χ1n) is 10.8. The zero-order valence-electron chi connectivity index (χ0n) is 19.0. The smallest absolute Gasteiger partial charge is 0.260 e. The van der Waals surface area contributed by atoms with Gasteiger partial charge in [0.2, 0.25) is 5.91 Å². The highest BCUT2D eigenvalue weighted by atomic mass is 35.5. The van der Waals surface area contributed by atoms with Crippen LogP contribution in [0.1, 0.15) is 18.2 Å². The van der Waals surface area contributed by atoms with Crippen LogP contribution in [0.3, 0.4) is 0 Å². The van der Waals surface area contributed by atoms with Crippen LogP contribution >= 0.6 is 35.0 Å². The van der Waals surface area contributed by atoms with Crippen LogP contribution in [0.5, 0.6) is 5.75 Å². The summed E-state index contributed by atoms with van der Waals surface area (Å²) in [5.41, 5.74) is 1.46. The van der Waals surface area contributed by atoms with E-state index in [1.807, 2.05) is 30.1 Å². The second-order valence-corrected chi connectivity index (χ2v) is 9.81. The van der Waals surface area contributed by atoms with Crippen LogP contribution in [0.4, 0.5) is 5.69 Å². The van der Waals surface area contributed by atoms with Gasteiger partial charge in [0.05, 0.1) is 18.2 Å². The van der Waals surface area contributed by atoms with Gasteiger partial charge in [-0.2, -0.15) is 0 Å². The Morgan fingerprint density at radius 3 is 2.63 bits per heavy atom. The van der Waals surface area contributed by atoms with E-state index in [4.69, 9.17) is 32.4 Å². The van der Waals surface area contributed by atoms with E-state index >= 15 is 0 Å². The number of ether oxygens (including phenoxy) is 1. The molecule has 2 amide bonds. The minimum atomic E-state index is -0.395. The van der Waals surface area contributed by atoms with Crippen LogP contribution < -0.4 is 15.1 Å². The Hall–Kier alpha value is -3.07. The third-order valence-electron chi connectivity index (χ3n) is 5.31. The number of benzene rings is 2. The van der Waals surface area contributed by atoms with E-state index in [2.05, 4.69) is 5.32 Å². The van der Waals surface area contributed by atoms with Crippen LogP contribution in [0.25, 0.3) is 6.08 Å². The summed E-state index contributed by atoms with van der Waals surface area (Å²) in [6.07, 6.45) is 4.37. The zero-order chi connectivity index (χ0) is 24.9. The first kappa shape index (κ1) is 25.0. The molecule has 4 rings (SSSR count). The van der Waals surface area contributed by atoms with Gasteiger partial charge in [-0.3, -0.25) is 19.6 Å². The van der Waals surface area contributed by atoms with Crippen molar-refractivity contribution in [3.05, 3.63) is 82.2 Å². The fourth-order valence-corrected chi connectivity index (χ4v) is 5.25. The summed E-state index contributed by atoms with van der Waals surface area (Å²) >= 11 is 14.2. The summed E-state index contributed by atoms with van der Waals surface area (Å²) in [5, 5.41) is 6.94. The molecule has 35 heavy (non-hydrogen) atoms. The number of furan rings is 1. The van der Waals surface area contributed by atoms with Gasteiger partial charge in [0, 0.05) is 33.6 Å². The van der Waals surface area contributed by atoms with Crippen molar-refractivity contribution in [2.75, 3.05) is 18.6 Å². The highest BCUT2D eigenvalue weighted by Gasteiger charge is 2.35. The van der Waals surface area contributed by atoms with Gasteiger partial charge in [-0.25, -0.2) is 0 Å². The number of hydrazine groups is 1. The number of rotatable bonds is 8. The van der Waals surface area contributed by atoms with E-state index in [0.29, 0.717) is 27.1 Å². The molecule has 2 aromatic carbocycles. The Morgan fingerprint density at radius 1 is 1.17 bits per heavy atom. The molecule has 1 atom stereocenters. The molecule has 0 aliphatic carbocycles. The number of thioether (sulfide) groups is 1. The van der Waals surface area contributed by atoms with Crippen LogP contribution in [0.15, 0.2) is 70.2 Å². The van der Waals surface area contributed by atoms with Gasteiger partial charge >= 0.3 is 0 Å². The van der Waals surface area contributed by atoms with Gasteiger partial charge in [0.25, 0.3) is 5.91 Å². The average molecular weight is 532 g/mol. The number of nitrogens with zero attached hydrogens (tertiary/aromatic N) is 2. The second kappa shape index (κ2) is 11.1. The predicted octanol–water partition coefficient (Wildman–Crippen LogP) is 5.63. The lowest BCUT2D eigenvalue weighted by atomic mass is 10.2. The predicted molar refractivity (Wildman–Crippen MR) is 139 cm³/mol. The maximum absolute atomic E-state index is 12.9. The molecule has 1 N–H and O–H groups in total. The number of para-hydroxylation sites is 1. The highest BCUT2D eigenvalue weighted by molar-refractivity contribution is 8.00. The van der Waals surface area contributed by atoms with Crippen molar-refractivity contribution in [2.24, 2.45) is 0 Å². The van der Waals surface area contributed by atoms with E-state index < -0.39 is 5.91 Å². The van der Waals surface area contributed by atoms with Crippen LogP contribution in [0.2, 0.25) is 10.0 Å². The Morgan fingerprint density at radius 2 is 1.91 bits per heavy atom. The van der Waals surface area contributed by atoms with E-state index in [1.54, 1.807) is 49.1 Å². The molecule has 1 aliphatic rings. The molecule has 0 saturated carbocycles. The number of carbonyl (C=O) groups excluding carboxylic acids is 2. The van der Waals surface area contributed by atoms with Gasteiger partial charge in [0.15, 0.2) is 0 Å². The van der Waals surface area contributed by atoms with Gasteiger partial charge < -0.3 is 14.5 Å². The zero-order valence-corrected chi connectivity index (χ0v) is 21.4. The maximum Gasteiger partial charge on any atom is 0.260 e. The molecule has 3 aromatic rings. The normalized spacial score (nSPS) is 14.7. The fourth-order valence-electron chi connectivity index (χ4n) is 3.57. The second-order valence-electron chi connectivity index (χ2n) is 7.64. The summed E-state index contributed by atoms with van der Waals surface area (Å²) in [5.74, 6) is 0.469. The molecule has 7 nitrogen and oxygen atoms in total. The molecule has 10 heteroatoms. The molecular formula is C25H23Cl2N3O4S. The maximum atomic E-state index is 12.9. The molecule has 2 heterocycles. The lowest BCUT2D eigenvalue weighted by Gasteiger charge is -2.34. The molecule has 0 spiro atoms. The van der Waals surface area contributed by atoms with E-state index in [-0.39, 0.29) is 24.4 Å². The van der Waals surface area contributed by atoms with Crippen molar-refractivity contribution in [1.29, 1.82) is 0 Å². The Bertz CT molecular complexity index is 1230. The molecule has 182 valence electrons. The fraction of sp³-hybridized carbons (Fsp3) is 0.200. The topological polar surface area (TPSA) is 75.0 Å². The van der Waals surface area contributed by atoms with Gasteiger partial charge in [-0.15, -0.1) is 0 Å². The molecule has 0 fully saturated rings. The SMILES string of the molecule is CC1Sc2cccc(OCc3c(Cl)cccc3Cl)c2N1N(C)C(=O)CNC(=O)C=Cc1ccco1. The van der Waals surface area contributed by atoms with Crippen LogP contribution in [-0.4, -0.2) is 35.8 Å². The van der Waals surface area contributed by atoms with Crippen molar-refractivity contribution < 1.29 is 18.7 Å².